The molecule has 0 unspecified atom stereocenters. The van der Waals surface area contributed by atoms with Gasteiger partial charge >= 0.3 is 0 Å². The molecule has 118 valence electrons. The first-order valence-corrected chi connectivity index (χ1v) is 9.18. The van der Waals surface area contributed by atoms with Gasteiger partial charge in [-0.25, -0.2) is 8.42 Å². The van der Waals surface area contributed by atoms with Crippen LogP contribution in [0.4, 0.5) is 0 Å². The molecule has 0 amide bonds. The van der Waals surface area contributed by atoms with Gasteiger partial charge in [0.2, 0.25) is 10.0 Å². The third kappa shape index (κ3) is 4.41. The van der Waals surface area contributed by atoms with Crippen molar-refractivity contribution in [3.63, 3.8) is 0 Å². The number of hydrogen-bond acceptors (Lipinski definition) is 4. The summed E-state index contributed by atoms with van der Waals surface area (Å²) >= 11 is 6.62. The number of hydrogen-bond donors (Lipinski definition) is 2. The first kappa shape index (κ1) is 18.4. The minimum Gasteiger partial charge on any atom is -0.409 e. The maximum Gasteiger partial charge on any atom is 0.244 e. The Labute approximate surface area is 141 Å². The zero-order chi connectivity index (χ0) is 16.2. The van der Waals surface area contributed by atoms with Crippen molar-refractivity contribution >= 4 is 47.7 Å². The summed E-state index contributed by atoms with van der Waals surface area (Å²) in [7, 11) is -3.75. The topological polar surface area (TPSA) is 96.0 Å². The molecule has 0 spiro atoms. The van der Waals surface area contributed by atoms with Crippen molar-refractivity contribution in [1.82, 2.24) is 4.31 Å². The van der Waals surface area contributed by atoms with Crippen LogP contribution in [0.3, 0.4) is 0 Å². The van der Waals surface area contributed by atoms with Crippen LogP contribution in [0.2, 0.25) is 0 Å². The van der Waals surface area contributed by atoms with Crippen molar-refractivity contribution in [2.45, 2.75) is 25.2 Å². The molecule has 0 saturated heterocycles. The van der Waals surface area contributed by atoms with Crippen molar-refractivity contribution in [2.24, 2.45) is 10.9 Å². The number of aryl methyl sites for hydroxylation is 1. The summed E-state index contributed by atoms with van der Waals surface area (Å²) in [5.41, 5.74) is 6.36. The van der Waals surface area contributed by atoms with E-state index in [9.17, 15) is 8.42 Å². The molecular formula is C12H17Br2N3O3S. The molecule has 0 radical (unpaired) electrons. The van der Waals surface area contributed by atoms with E-state index in [1.807, 2.05) is 13.8 Å². The van der Waals surface area contributed by atoms with E-state index in [1.165, 1.54) is 4.31 Å². The largest absolute Gasteiger partial charge is 0.409 e. The average Bonchev–Trinajstić information content (AvgIpc) is 2.41. The van der Waals surface area contributed by atoms with Crippen molar-refractivity contribution in [1.29, 1.82) is 0 Å². The summed E-state index contributed by atoms with van der Waals surface area (Å²) in [6.45, 7) is 3.83. The van der Waals surface area contributed by atoms with Gasteiger partial charge in [-0.2, -0.15) is 4.31 Å². The molecule has 6 nitrogen and oxygen atoms in total. The second-order valence-electron chi connectivity index (χ2n) is 4.46. The predicted molar refractivity (Wildman–Crippen MR) is 89.0 cm³/mol. The highest BCUT2D eigenvalue weighted by Crippen LogP contribution is 2.30. The van der Waals surface area contributed by atoms with Crippen molar-refractivity contribution in [3.8, 4) is 0 Å². The number of rotatable bonds is 6. The Kier molecular flexibility index (Phi) is 6.64. The molecular weight excluding hydrogens is 426 g/mol. The first-order valence-electron chi connectivity index (χ1n) is 6.16. The van der Waals surface area contributed by atoms with Crippen molar-refractivity contribution < 1.29 is 13.6 Å². The molecule has 0 fully saturated rings. The second-order valence-corrected chi connectivity index (χ2v) is 8.08. The number of amidine groups is 1. The molecule has 9 heteroatoms. The van der Waals surface area contributed by atoms with Crippen molar-refractivity contribution in [2.75, 3.05) is 13.1 Å². The molecule has 0 aliphatic carbocycles. The van der Waals surface area contributed by atoms with Crippen LogP contribution < -0.4 is 5.73 Å². The van der Waals surface area contributed by atoms with Crippen LogP contribution in [0.1, 0.15) is 18.9 Å². The first-order chi connectivity index (χ1) is 9.73. The normalized spacial score (nSPS) is 12.9. The lowest BCUT2D eigenvalue weighted by Crippen LogP contribution is -2.39. The van der Waals surface area contributed by atoms with Gasteiger partial charge in [0.1, 0.15) is 0 Å². The highest BCUT2D eigenvalue weighted by Gasteiger charge is 2.27. The van der Waals surface area contributed by atoms with E-state index in [0.29, 0.717) is 15.4 Å². The van der Waals surface area contributed by atoms with Crippen LogP contribution in [0.5, 0.6) is 0 Å². The van der Waals surface area contributed by atoms with E-state index >= 15 is 0 Å². The Morgan fingerprint density at radius 1 is 1.38 bits per heavy atom. The lowest BCUT2D eigenvalue weighted by atomic mass is 10.2. The SMILES string of the molecule is CCCN(C/C(N)=N/O)S(=O)(=O)c1cc(Br)c(C)cc1Br. The van der Waals surface area contributed by atoms with Gasteiger partial charge in [0.15, 0.2) is 5.84 Å². The van der Waals surface area contributed by atoms with Gasteiger partial charge in [-0.3, -0.25) is 0 Å². The fourth-order valence-electron chi connectivity index (χ4n) is 1.71. The number of benzene rings is 1. The van der Waals surface area contributed by atoms with Crippen LogP contribution in [-0.4, -0.2) is 36.9 Å². The van der Waals surface area contributed by atoms with E-state index in [4.69, 9.17) is 10.9 Å². The molecule has 1 rings (SSSR count). The highest BCUT2D eigenvalue weighted by atomic mass is 79.9. The molecule has 1 aromatic rings. The van der Waals surface area contributed by atoms with Gasteiger partial charge in [0.05, 0.1) is 11.4 Å². The van der Waals surface area contributed by atoms with E-state index in [1.54, 1.807) is 12.1 Å². The van der Waals surface area contributed by atoms with Gasteiger partial charge in [-0.05, 0) is 47.0 Å². The van der Waals surface area contributed by atoms with E-state index < -0.39 is 10.0 Å². The van der Waals surface area contributed by atoms with Crippen LogP contribution in [0.25, 0.3) is 0 Å². The van der Waals surface area contributed by atoms with Crippen LogP contribution in [0, 0.1) is 6.92 Å². The molecule has 21 heavy (non-hydrogen) atoms. The quantitative estimate of drug-likeness (QED) is 0.306. The molecule has 0 heterocycles. The molecule has 0 bridgehead atoms. The Morgan fingerprint density at radius 3 is 2.52 bits per heavy atom. The Hall–Kier alpha value is -0.640. The minimum atomic E-state index is -3.75. The summed E-state index contributed by atoms with van der Waals surface area (Å²) in [4.78, 5) is 0.138. The third-order valence-corrected chi connectivity index (χ3v) is 6.43. The van der Waals surface area contributed by atoms with Gasteiger partial charge in [0, 0.05) is 15.5 Å². The van der Waals surface area contributed by atoms with Gasteiger partial charge in [0.25, 0.3) is 0 Å². The van der Waals surface area contributed by atoms with Crippen LogP contribution >= 0.6 is 31.9 Å². The van der Waals surface area contributed by atoms with Gasteiger partial charge < -0.3 is 10.9 Å². The number of sulfonamides is 1. The number of nitrogens with two attached hydrogens (primary N) is 1. The standard InChI is InChI=1S/C12H17Br2N3O3S/c1-3-4-17(7-12(15)16-18)21(19,20)11-6-9(13)8(2)5-10(11)14/h5-6,18H,3-4,7H2,1-2H3,(H2,15,16). The molecule has 0 saturated carbocycles. The Bertz CT molecular complexity index is 647. The summed E-state index contributed by atoms with van der Waals surface area (Å²) in [6.07, 6.45) is 0.614. The molecule has 0 aliphatic heterocycles. The monoisotopic (exact) mass is 441 g/mol. The van der Waals surface area contributed by atoms with Crippen molar-refractivity contribution in [3.05, 3.63) is 26.6 Å². The summed E-state index contributed by atoms with van der Waals surface area (Å²) < 4.78 is 27.8. The average molecular weight is 443 g/mol. The third-order valence-electron chi connectivity index (χ3n) is 2.77. The van der Waals surface area contributed by atoms with Crippen LogP contribution in [-0.2, 0) is 10.0 Å². The predicted octanol–water partition coefficient (Wildman–Crippen LogP) is 2.67. The zero-order valence-electron chi connectivity index (χ0n) is 11.7. The molecule has 0 aliphatic rings. The molecule has 1 aromatic carbocycles. The minimum absolute atomic E-state index is 0.138. The Morgan fingerprint density at radius 2 is 2.00 bits per heavy atom. The lowest BCUT2D eigenvalue weighted by molar-refractivity contribution is 0.314. The maximum absolute atomic E-state index is 12.7. The molecule has 0 aromatic heterocycles. The van der Waals surface area contributed by atoms with E-state index in [0.717, 1.165) is 5.56 Å². The molecule has 3 N–H and O–H groups in total. The Balaban J connectivity index is 3.32. The summed E-state index contributed by atoms with van der Waals surface area (Å²) in [6, 6.07) is 3.27. The fourth-order valence-corrected chi connectivity index (χ4v) is 4.85. The number of nitrogens with zero attached hydrogens (tertiary/aromatic N) is 2. The van der Waals surface area contributed by atoms with Gasteiger partial charge in [-0.15, -0.1) is 0 Å². The van der Waals surface area contributed by atoms with E-state index in [2.05, 4.69) is 37.0 Å². The number of oxime groups is 1. The molecule has 0 atom stereocenters. The number of halogens is 2. The summed E-state index contributed by atoms with van der Waals surface area (Å²) in [5, 5.41) is 11.5. The maximum atomic E-state index is 12.7. The second kappa shape index (κ2) is 7.57. The van der Waals surface area contributed by atoms with Gasteiger partial charge in [-0.1, -0.05) is 28.0 Å². The van der Waals surface area contributed by atoms with Crippen LogP contribution in [0.15, 0.2) is 31.1 Å². The summed E-state index contributed by atoms with van der Waals surface area (Å²) in [5.74, 6) is -0.158. The smallest absolute Gasteiger partial charge is 0.244 e. The fraction of sp³-hybridized carbons (Fsp3) is 0.417. The zero-order valence-corrected chi connectivity index (χ0v) is 15.7. The highest BCUT2D eigenvalue weighted by molar-refractivity contribution is 9.11. The van der Waals surface area contributed by atoms with E-state index in [-0.39, 0.29) is 23.8 Å². The lowest BCUT2D eigenvalue weighted by Gasteiger charge is -2.22.